The van der Waals surface area contributed by atoms with Gasteiger partial charge >= 0.3 is 0 Å². The lowest BCUT2D eigenvalue weighted by atomic mass is 10.1. The molecule has 0 heterocycles. The summed E-state index contributed by atoms with van der Waals surface area (Å²) in [4.78, 5) is 1.09. The fourth-order valence-electron chi connectivity index (χ4n) is 2.02. The molecule has 21 heavy (non-hydrogen) atoms. The third-order valence-corrected chi connectivity index (χ3v) is 4.58. The van der Waals surface area contributed by atoms with Crippen LogP contribution in [0.2, 0.25) is 0 Å². The Morgan fingerprint density at radius 1 is 1.19 bits per heavy atom. The summed E-state index contributed by atoms with van der Waals surface area (Å²) in [5.74, 6) is -0.163. The number of benzene rings is 2. The van der Waals surface area contributed by atoms with Crippen molar-refractivity contribution in [2.45, 2.75) is 17.9 Å². The first kappa shape index (κ1) is 16.5. The zero-order chi connectivity index (χ0) is 15.2. The van der Waals surface area contributed by atoms with Crippen molar-refractivity contribution < 1.29 is 8.78 Å². The fourth-order valence-corrected chi connectivity index (χ4v) is 3.62. The van der Waals surface area contributed by atoms with Crippen molar-refractivity contribution in [3.05, 3.63) is 64.1 Å². The van der Waals surface area contributed by atoms with Gasteiger partial charge in [-0.2, -0.15) is 0 Å². The number of nitrogens with one attached hydrogen (secondary N) is 1. The highest BCUT2D eigenvalue weighted by Crippen LogP contribution is 2.28. The monoisotopic (exact) mass is 371 g/mol. The Hall–Kier alpha value is -0.910. The topological polar surface area (TPSA) is 12.0 Å². The molecular formula is C16H16BrF2NS. The van der Waals surface area contributed by atoms with Crippen molar-refractivity contribution in [3.63, 3.8) is 0 Å². The van der Waals surface area contributed by atoms with Crippen LogP contribution < -0.4 is 5.32 Å². The summed E-state index contributed by atoms with van der Waals surface area (Å²) in [5.41, 5.74) is 0.374. The van der Waals surface area contributed by atoms with Crippen molar-refractivity contribution in [3.8, 4) is 0 Å². The lowest BCUT2D eigenvalue weighted by Gasteiger charge is -2.19. The molecule has 1 atom stereocenters. The van der Waals surface area contributed by atoms with Gasteiger partial charge in [-0.3, -0.25) is 0 Å². The quantitative estimate of drug-likeness (QED) is 0.702. The van der Waals surface area contributed by atoms with Crippen molar-refractivity contribution in [1.82, 2.24) is 5.32 Å². The molecule has 0 fully saturated rings. The minimum atomic E-state index is -0.415. The molecule has 0 aliphatic heterocycles. The summed E-state index contributed by atoms with van der Waals surface area (Å²) in [5, 5.41) is 3.21. The van der Waals surface area contributed by atoms with Crippen molar-refractivity contribution in [2.24, 2.45) is 0 Å². The third-order valence-electron chi connectivity index (χ3n) is 3.00. The second kappa shape index (κ2) is 7.92. The molecule has 5 heteroatoms. The minimum Gasteiger partial charge on any atom is -0.309 e. The first-order chi connectivity index (χ1) is 10.1. The Labute approximate surface area is 136 Å². The molecule has 0 bridgehead atoms. The van der Waals surface area contributed by atoms with Gasteiger partial charge in [0.05, 0.1) is 0 Å². The molecule has 0 radical (unpaired) electrons. The van der Waals surface area contributed by atoms with Crippen molar-refractivity contribution in [2.75, 3.05) is 12.3 Å². The van der Waals surface area contributed by atoms with E-state index in [2.05, 4.69) is 21.2 Å². The van der Waals surface area contributed by atoms with Gasteiger partial charge in [0.25, 0.3) is 0 Å². The standard InChI is InChI=1S/C16H16BrF2NS/c1-2-20-16(14-9-12(18)6-7-15(14)19)10-21-13-5-3-4-11(17)8-13/h3-9,16,20H,2,10H2,1H3. The highest BCUT2D eigenvalue weighted by atomic mass is 79.9. The maximum atomic E-state index is 13.9. The molecule has 0 saturated heterocycles. The van der Waals surface area contributed by atoms with E-state index in [1.807, 2.05) is 31.2 Å². The molecular weight excluding hydrogens is 356 g/mol. The number of hydrogen-bond acceptors (Lipinski definition) is 2. The molecule has 2 rings (SSSR count). The molecule has 112 valence electrons. The van der Waals surface area contributed by atoms with Gasteiger partial charge in [0.2, 0.25) is 0 Å². The van der Waals surface area contributed by atoms with E-state index >= 15 is 0 Å². The van der Waals surface area contributed by atoms with E-state index in [9.17, 15) is 8.78 Å². The normalized spacial score (nSPS) is 12.4. The van der Waals surface area contributed by atoms with Crippen LogP contribution in [-0.4, -0.2) is 12.3 Å². The van der Waals surface area contributed by atoms with Crippen LogP contribution in [0, 0.1) is 11.6 Å². The summed E-state index contributed by atoms with van der Waals surface area (Å²) in [6.45, 7) is 2.65. The van der Waals surface area contributed by atoms with Gasteiger partial charge < -0.3 is 5.32 Å². The number of rotatable bonds is 6. The fraction of sp³-hybridized carbons (Fsp3) is 0.250. The average molecular weight is 372 g/mol. The van der Waals surface area contributed by atoms with E-state index < -0.39 is 5.82 Å². The zero-order valence-electron chi connectivity index (χ0n) is 11.6. The maximum Gasteiger partial charge on any atom is 0.128 e. The predicted molar refractivity (Wildman–Crippen MR) is 87.6 cm³/mol. The highest BCUT2D eigenvalue weighted by Gasteiger charge is 2.16. The van der Waals surface area contributed by atoms with Crippen LogP contribution in [0.4, 0.5) is 8.78 Å². The summed E-state index contributed by atoms with van der Waals surface area (Å²) in [6.07, 6.45) is 0. The maximum absolute atomic E-state index is 13.9. The molecule has 0 aromatic heterocycles. The minimum absolute atomic E-state index is 0.227. The van der Waals surface area contributed by atoms with Crippen LogP contribution in [0.15, 0.2) is 51.8 Å². The van der Waals surface area contributed by atoms with Gasteiger partial charge in [-0.1, -0.05) is 28.9 Å². The van der Waals surface area contributed by atoms with E-state index in [0.717, 1.165) is 15.4 Å². The second-order valence-electron chi connectivity index (χ2n) is 4.54. The van der Waals surface area contributed by atoms with Gasteiger partial charge in [0, 0.05) is 26.7 Å². The first-order valence-electron chi connectivity index (χ1n) is 6.67. The number of hydrogen-bond donors (Lipinski definition) is 1. The van der Waals surface area contributed by atoms with Gasteiger partial charge in [0.1, 0.15) is 11.6 Å². The van der Waals surface area contributed by atoms with Crippen LogP contribution in [0.5, 0.6) is 0 Å². The highest BCUT2D eigenvalue weighted by molar-refractivity contribution is 9.10. The Bertz CT molecular complexity index is 607. The molecule has 1 nitrogen and oxygen atoms in total. The summed E-state index contributed by atoms with van der Waals surface area (Å²) >= 11 is 5.04. The largest absolute Gasteiger partial charge is 0.309 e. The van der Waals surface area contributed by atoms with Crippen molar-refractivity contribution in [1.29, 1.82) is 0 Å². The van der Waals surface area contributed by atoms with Gasteiger partial charge in [-0.05, 0) is 42.9 Å². The third kappa shape index (κ3) is 4.80. The van der Waals surface area contributed by atoms with Gasteiger partial charge in [-0.15, -0.1) is 11.8 Å². The van der Waals surface area contributed by atoms with Crippen LogP contribution in [0.25, 0.3) is 0 Å². The predicted octanol–water partition coefficient (Wildman–Crippen LogP) is 5.17. The average Bonchev–Trinajstić information content (AvgIpc) is 2.46. The molecule has 0 saturated carbocycles. The molecule has 1 unspecified atom stereocenters. The van der Waals surface area contributed by atoms with E-state index in [1.54, 1.807) is 11.8 Å². The van der Waals surface area contributed by atoms with E-state index in [0.29, 0.717) is 17.9 Å². The number of thioether (sulfide) groups is 1. The first-order valence-corrected chi connectivity index (χ1v) is 8.44. The lowest BCUT2D eigenvalue weighted by Crippen LogP contribution is -2.24. The van der Waals surface area contributed by atoms with Crippen molar-refractivity contribution >= 4 is 27.7 Å². The molecule has 0 amide bonds. The Morgan fingerprint density at radius 3 is 2.71 bits per heavy atom. The van der Waals surface area contributed by atoms with Crippen LogP contribution in [0.3, 0.4) is 0 Å². The van der Waals surface area contributed by atoms with E-state index in [4.69, 9.17) is 0 Å². The SMILES string of the molecule is CCNC(CSc1cccc(Br)c1)c1cc(F)ccc1F. The van der Waals surface area contributed by atoms with Crippen LogP contribution in [0.1, 0.15) is 18.5 Å². The van der Waals surface area contributed by atoms with E-state index in [1.165, 1.54) is 12.1 Å². The summed E-state index contributed by atoms with van der Waals surface area (Å²) < 4.78 is 28.3. The van der Waals surface area contributed by atoms with Crippen LogP contribution >= 0.6 is 27.7 Å². The summed E-state index contributed by atoms with van der Waals surface area (Å²) in [6, 6.07) is 11.3. The summed E-state index contributed by atoms with van der Waals surface area (Å²) in [7, 11) is 0. The lowest BCUT2D eigenvalue weighted by molar-refractivity contribution is 0.533. The van der Waals surface area contributed by atoms with Crippen LogP contribution in [-0.2, 0) is 0 Å². The van der Waals surface area contributed by atoms with Gasteiger partial charge in [0.15, 0.2) is 0 Å². The molecule has 2 aromatic carbocycles. The zero-order valence-corrected chi connectivity index (χ0v) is 14.0. The van der Waals surface area contributed by atoms with E-state index in [-0.39, 0.29) is 11.9 Å². The molecule has 0 aliphatic carbocycles. The molecule has 1 N–H and O–H groups in total. The molecule has 0 aliphatic rings. The molecule has 0 spiro atoms. The smallest absolute Gasteiger partial charge is 0.128 e. The van der Waals surface area contributed by atoms with Gasteiger partial charge in [-0.25, -0.2) is 8.78 Å². The second-order valence-corrected chi connectivity index (χ2v) is 6.55. The Balaban J connectivity index is 2.13. The Morgan fingerprint density at radius 2 is 2.00 bits per heavy atom. The molecule has 2 aromatic rings. The Kier molecular flexibility index (Phi) is 6.21. The number of halogens is 3.